The molecule has 1 amide bonds. The number of nitrogens with zero attached hydrogens (tertiary/aromatic N) is 1. The van der Waals surface area contributed by atoms with Gasteiger partial charge < -0.3 is 5.32 Å². The molecule has 1 N–H and O–H groups in total. The van der Waals surface area contributed by atoms with Gasteiger partial charge in [-0.1, -0.05) is 36.4 Å². The van der Waals surface area contributed by atoms with Crippen LogP contribution in [0.1, 0.15) is 22.0 Å². The first-order valence-corrected chi connectivity index (χ1v) is 6.62. The quantitative estimate of drug-likeness (QED) is 0.933. The van der Waals surface area contributed by atoms with Crippen LogP contribution >= 0.6 is 15.9 Å². The van der Waals surface area contributed by atoms with Gasteiger partial charge in [-0.25, -0.2) is 4.39 Å². The average Bonchev–Trinajstić information content (AvgIpc) is 2.45. The molecular formula is C15H10BrFN2O. The van der Waals surface area contributed by atoms with Crippen LogP contribution in [-0.2, 0) is 0 Å². The van der Waals surface area contributed by atoms with Gasteiger partial charge >= 0.3 is 0 Å². The van der Waals surface area contributed by atoms with E-state index >= 15 is 0 Å². The van der Waals surface area contributed by atoms with E-state index in [9.17, 15) is 9.18 Å². The minimum absolute atomic E-state index is 0.108. The molecule has 0 bridgehead atoms. The van der Waals surface area contributed by atoms with Gasteiger partial charge in [0.2, 0.25) is 0 Å². The Morgan fingerprint density at radius 3 is 2.50 bits per heavy atom. The lowest BCUT2D eigenvalue weighted by molar-refractivity contribution is 0.0940. The van der Waals surface area contributed by atoms with E-state index in [1.54, 1.807) is 30.3 Å². The molecule has 20 heavy (non-hydrogen) atoms. The summed E-state index contributed by atoms with van der Waals surface area (Å²) >= 11 is 3.13. The number of hydrogen-bond donors (Lipinski definition) is 1. The number of hydrogen-bond acceptors (Lipinski definition) is 2. The molecule has 0 fully saturated rings. The Hall–Kier alpha value is -2.19. The van der Waals surface area contributed by atoms with Gasteiger partial charge in [0.05, 0.1) is 11.6 Å². The molecule has 0 saturated carbocycles. The second-order valence-electron chi connectivity index (χ2n) is 4.04. The van der Waals surface area contributed by atoms with Crippen LogP contribution in [0.15, 0.2) is 53.0 Å². The fourth-order valence-electron chi connectivity index (χ4n) is 1.75. The van der Waals surface area contributed by atoms with Crippen LogP contribution in [0.4, 0.5) is 4.39 Å². The molecule has 0 spiro atoms. The Morgan fingerprint density at radius 1 is 1.20 bits per heavy atom. The zero-order valence-electron chi connectivity index (χ0n) is 10.3. The van der Waals surface area contributed by atoms with E-state index in [1.165, 1.54) is 12.1 Å². The molecule has 2 aromatic rings. The summed E-state index contributed by atoms with van der Waals surface area (Å²) in [5, 5.41) is 11.7. The zero-order valence-corrected chi connectivity index (χ0v) is 11.9. The largest absolute Gasteiger partial charge is 0.332 e. The van der Waals surface area contributed by atoms with E-state index in [0.717, 1.165) is 0 Å². The maximum Gasteiger partial charge on any atom is 0.256 e. The second kappa shape index (κ2) is 6.31. The molecule has 3 nitrogen and oxygen atoms in total. The molecule has 0 aliphatic rings. The smallest absolute Gasteiger partial charge is 0.256 e. The molecule has 0 aliphatic heterocycles. The van der Waals surface area contributed by atoms with E-state index in [2.05, 4.69) is 21.2 Å². The van der Waals surface area contributed by atoms with Crippen molar-refractivity contribution >= 4 is 21.8 Å². The van der Waals surface area contributed by atoms with Crippen molar-refractivity contribution in [2.24, 2.45) is 0 Å². The zero-order chi connectivity index (χ0) is 14.5. The first kappa shape index (κ1) is 14.2. The van der Waals surface area contributed by atoms with Crippen molar-refractivity contribution in [1.82, 2.24) is 5.32 Å². The number of carbonyl (C=O) groups excluding carboxylic acids is 1. The fraction of sp³-hybridized carbons (Fsp3) is 0.0667. The van der Waals surface area contributed by atoms with E-state index in [4.69, 9.17) is 5.26 Å². The van der Waals surface area contributed by atoms with Gasteiger partial charge in [-0.2, -0.15) is 5.26 Å². The first-order chi connectivity index (χ1) is 9.63. The molecular weight excluding hydrogens is 323 g/mol. The molecule has 1 atom stereocenters. The van der Waals surface area contributed by atoms with Crippen LogP contribution in [0.25, 0.3) is 0 Å². The van der Waals surface area contributed by atoms with Crippen molar-refractivity contribution in [3.8, 4) is 6.07 Å². The van der Waals surface area contributed by atoms with Gasteiger partial charge in [-0.05, 0) is 33.6 Å². The predicted octanol–water partition coefficient (Wildman–Crippen LogP) is 3.58. The van der Waals surface area contributed by atoms with Crippen molar-refractivity contribution in [3.05, 3.63) is 69.9 Å². The first-order valence-electron chi connectivity index (χ1n) is 5.83. The maximum absolute atomic E-state index is 13.7. The maximum atomic E-state index is 13.7. The number of amides is 1. The Morgan fingerprint density at radius 2 is 1.90 bits per heavy atom. The van der Waals surface area contributed by atoms with Gasteiger partial charge in [-0.3, -0.25) is 4.79 Å². The molecule has 2 rings (SSSR count). The van der Waals surface area contributed by atoms with Crippen LogP contribution in [-0.4, -0.2) is 5.91 Å². The van der Waals surface area contributed by atoms with Crippen molar-refractivity contribution in [2.45, 2.75) is 6.04 Å². The lowest BCUT2D eigenvalue weighted by Gasteiger charge is -2.13. The number of carbonyl (C=O) groups is 1. The lowest BCUT2D eigenvalue weighted by atomic mass is 10.1. The molecule has 1 unspecified atom stereocenters. The number of nitrogens with one attached hydrogen (secondary N) is 1. The average molecular weight is 333 g/mol. The van der Waals surface area contributed by atoms with E-state index in [-0.39, 0.29) is 5.56 Å². The molecule has 0 aliphatic carbocycles. The SMILES string of the molecule is N#CC(NC(=O)c1c(F)cccc1Br)c1ccccc1. The summed E-state index contributed by atoms with van der Waals surface area (Å²) in [6.07, 6.45) is 0. The van der Waals surface area contributed by atoms with Crippen LogP contribution in [0, 0.1) is 17.1 Å². The summed E-state index contributed by atoms with van der Waals surface area (Å²) in [5.74, 6) is -1.27. The Labute approximate surface area is 124 Å². The summed E-state index contributed by atoms with van der Waals surface area (Å²) in [7, 11) is 0. The summed E-state index contributed by atoms with van der Waals surface area (Å²) in [6.45, 7) is 0. The normalized spacial score (nSPS) is 11.4. The van der Waals surface area contributed by atoms with Crippen molar-refractivity contribution in [2.75, 3.05) is 0 Å². The van der Waals surface area contributed by atoms with E-state index < -0.39 is 17.8 Å². The number of halogens is 2. The Bertz CT molecular complexity index is 647. The van der Waals surface area contributed by atoms with Gasteiger partial charge in [0, 0.05) is 4.47 Å². The van der Waals surface area contributed by atoms with E-state index in [0.29, 0.717) is 10.0 Å². The van der Waals surface area contributed by atoms with E-state index in [1.807, 2.05) is 12.1 Å². The summed E-state index contributed by atoms with van der Waals surface area (Å²) < 4.78 is 14.0. The predicted molar refractivity (Wildman–Crippen MR) is 76.4 cm³/mol. The third-order valence-corrected chi connectivity index (χ3v) is 3.39. The Kier molecular flexibility index (Phi) is 4.49. The minimum atomic E-state index is -0.824. The monoisotopic (exact) mass is 332 g/mol. The highest BCUT2D eigenvalue weighted by atomic mass is 79.9. The number of rotatable bonds is 3. The van der Waals surface area contributed by atoms with Gasteiger partial charge in [-0.15, -0.1) is 0 Å². The third-order valence-electron chi connectivity index (χ3n) is 2.73. The van der Waals surface area contributed by atoms with Gasteiger partial charge in [0.1, 0.15) is 11.9 Å². The van der Waals surface area contributed by atoms with Crippen LogP contribution in [0.2, 0.25) is 0 Å². The van der Waals surface area contributed by atoms with Crippen LogP contribution < -0.4 is 5.32 Å². The minimum Gasteiger partial charge on any atom is -0.332 e. The standard InChI is InChI=1S/C15H10BrFN2O/c16-11-7-4-8-12(17)14(11)15(20)19-13(9-18)10-5-2-1-3-6-10/h1-8,13H,(H,19,20). The summed E-state index contributed by atoms with van der Waals surface area (Å²) in [5.41, 5.74) is 0.541. The number of nitriles is 1. The second-order valence-corrected chi connectivity index (χ2v) is 4.90. The van der Waals surface area contributed by atoms with Crippen molar-refractivity contribution < 1.29 is 9.18 Å². The molecule has 5 heteroatoms. The lowest BCUT2D eigenvalue weighted by Crippen LogP contribution is -2.28. The molecule has 0 saturated heterocycles. The van der Waals surface area contributed by atoms with Crippen molar-refractivity contribution in [3.63, 3.8) is 0 Å². The Balaban J connectivity index is 2.25. The summed E-state index contributed by atoms with van der Waals surface area (Å²) in [6, 6.07) is 14.2. The molecule has 0 radical (unpaired) electrons. The third kappa shape index (κ3) is 3.03. The highest BCUT2D eigenvalue weighted by Crippen LogP contribution is 2.21. The topological polar surface area (TPSA) is 52.9 Å². The molecule has 0 heterocycles. The van der Waals surface area contributed by atoms with Crippen LogP contribution in [0.3, 0.4) is 0 Å². The molecule has 0 aromatic heterocycles. The molecule has 2 aromatic carbocycles. The number of benzene rings is 2. The fourth-order valence-corrected chi connectivity index (χ4v) is 2.28. The highest BCUT2D eigenvalue weighted by Gasteiger charge is 2.19. The molecule has 100 valence electrons. The summed E-state index contributed by atoms with van der Waals surface area (Å²) in [4.78, 5) is 12.1. The van der Waals surface area contributed by atoms with Gasteiger partial charge in [0.25, 0.3) is 5.91 Å². The van der Waals surface area contributed by atoms with Crippen LogP contribution in [0.5, 0.6) is 0 Å². The van der Waals surface area contributed by atoms with Crippen molar-refractivity contribution in [1.29, 1.82) is 5.26 Å². The van der Waals surface area contributed by atoms with Gasteiger partial charge in [0.15, 0.2) is 0 Å². The highest BCUT2D eigenvalue weighted by molar-refractivity contribution is 9.10.